The molecule has 0 aliphatic carbocycles. The summed E-state index contributed by atoms with van der Waals surface area (Å²) in [6.07, 6.45) is 4.22. The van der Waals surface area contributed by atoms with Crippen molar-refractivity contribution in [3.05, 3.63) is 107 Å². The summed E-state index contributed by atoms with van der Waals surface area (Å²) < 4.78 is 10.1. The lowest BCUT2D eigenvalue weighted by Crippen LogP contribution is -1.88. The van der Waals surface area contributed by atoms with Gasteiger partial charge in [0, 0.05) is 12.4 Å². The second-order valence-electron chi connectivity index (χ2n) is 7.89. The molecule has 6 heteroatoms. The molecule has 0 aromatic heterocycles. The Hall–Kier alpha value is -4.58. The number of aromatic hydroxyl groups is 2. The molecule has 176 valence electrons. The monoisotopic (exact) mass is 466 g/mol. The Kier molecular flexibility index (Phi) is 7.43. The lowest BCUT2D eigenvalue weighted by atomic mass is 10.0. The molecule has 6 nitrogen and oxygen atoms in total. The predicted octanol–water partition coefficient (Wildman–Crippen LogP) is 6.21. The number of phenolic OH excluding ortho intramolecular Hbond substituents is 2. The summed E-state index contributed by atoms with van der Waals surface area (Å²) >= 11 is 0. The van der Waals surface area contributed by atoms with Crippen LogP contribution in [0, 0.1) is 0 Å². The molecule has 0 atom stereocenters. The van der Waals surface area contributed by atoms with E-state index in [0.29, 0.717) is 11.5 Å². The van der Waals surface area contributed by atoms with Crippen molar-refractivity contribution in [1.82, 2.24) is 0 Å². The molecule has 0 bridgehead atoms. The maximum absolute atomic E-state index is 9.88. The summed E-state index contributed by atoms with van der Waals surface area (Å²) in [4.78, 5) is 8.96. The van der Waals surface area contributed by atoms with Crippen LogP contribution in [0.4, 0.5) is 11.4 Å². The Bertz CT molecular complexity index is 1240. The average Bonchev–Trinajstić information content (AvgIpc) is 2.88. The van der Waals surface area contributed by atoms with Crippen LogP contribution in [0.25, 0.3) is 0 Å². The first-order chi connectivity index (χ1) is 17.0. The third-order valence-corrected chi connectivity index (χ3v) is 5.41. The van der Waals surface area contributed by atoms with Crippen LogP contribution < -0.4 is 9.47 Å². The lowest BCUT2D eigenvalue weighted by Gasteiger charge is -2.04. The van der Waals surface area contributed by atoms with Crippen molar-refractivity contribution in [2.24, 2.45) is 9.98 Å². The highest BCUT2D eigenvalue weighted by atomic mass is 16.5. The lowest BCUT2D eigenvalue weighted by molar-refractivity contribution is 0.373. The molecule has 4 aromatic carbocycles. The van der Waals surface area contributed by atoms with Crippen LogP contribution in [0.15, 0.2) is 94.9 Å². The van der Waals surface area contributed by atoms with Gasteiger partial charge < -0.3 is 19.7 Å². The molecule has 4 rings (SSSR count). The Morgan fingerprint density at radius 1 is 0.600 bits per heavy atom. The first kappa shape index (κ1) is 23.6. The molecule has 0 aliphatic heterocycles. The smallest absolute Gasteiger partial charge is 0.160 e. The highest BCUT2D eigenvalue weighted by Gasteiger charge is 2.02. The van der Waals surface area contributed by atoms with Crippen molar-refractivity contribution in [2.75, 3.05) is 14.2 Å². The fourth-order valence-electron chi connectivity index (χ4n) is 3.51. The number of nitrogens with zero attached hydrogens (tertiary/aromatic N) is 2. The van der Waals surface area contributed by atoms with Gasteiger partial charge in [0.15, 0.2) is 23.0 Å². The summed E-state index contributed by atoms with van der Waals surface area (Å²) in [5.74, 6) is 1.04. The molecule has 0 saturated heterocycles. The minimum absolute atomic E-state index is 0.0866. The molecule has 0 fully saturated rings. The van der Waals surface area contributed by atoms with Crippen LogP contribution in [0.1, 0.15) is 22.3 Å². The van der Waals surface area contributed by atoms with E-state index in [2.05, 4.69) is 34.3 Å². The molecule has 35 heavy (non-hydrogen) atoms. The minimum Gasteiger partial charge on any atom is -0.504 e. The van der Waals surface area contributed by atoms with Gasteiger partial charge in [-0.3, -0.25) is 9.98 Å². The number of phenols is 2. The normalized spacial score (nSPS) is 11.3. The zero-order valence-corrected chi connectivity index (χ0v) is 19.6. The molecule has 0 amide bonds. The average molecular weight is 467 g/mol. The molecule has 0 aliphatic rings. The SMILES string of the molecule is COc1ccc(C=Nc2ccc(Cc3ccc(N=Cc4ccc(OC)c(O)c4)cc3)cc2)cc1O. The molecule has 0 saturated carbocycles. The third kappa shape index (κ3) is 6.26. The topological polar surface area (TPSA) is 83.6 Å². The number of hydrogen-bond donors (Lipinski definition) is 2. The van der Waals surface area contributed by atoms with Crippen LogP contribution in [0.5, 0.6) is 23.0 Å². The molecule has 4 aromatic rings. The Morgan fingerprint density at radius 2 is 1.00 bits per heavy atom. The highest BCUT2D eigenvalue weighted by molar-refractivity contribution is 5.83. The quantitative estimate of drug-likeness (QED) is 0.303. The van der Waals surface area contributed by atoms with E-state index in [0.717, 1.165) is 28.9 Å². The number of rotatable bonds is 8. The van der Waals surface area contributed by atoms with E-state index in [9.17, 15) is 10.2 Å². The van der Waals surface area contributed by atoms with Crippen LogP contribution >= 0.6 is 0 Å². The van der Waals surface area contributed by atoms with Gasteiger partial charge in [-0.1, -0.05) is 24.3 Å². The first-order valence-corrected chi connectivity index (χ1v) is 11.0. The van der Waals surface area contributed by atoms with E-state index < -0.39 is 0 Å². The van der Waals surface area contributed by atoms with Crippen LogP contribution in [0.2, 0.25) is 0 Å². The Morgan fingerprint density at radius 3 is 1.34 bits per heavy atom. The van der Waals surface area contributed by atoms with Crippen molar-refractivity contribution < 1.29 is 19.7 Å². The second kappa shape index (κ2) is 11.0. The summed E-state index contributed by atoms with van der Waals surface area (Å²) in [6, 6.07) is 26.4. The van der Waals surface area contributed by atoms with Gasteiger partial charge in [-0.05, 0) is 89.3 Å². The zero-order valence-electron chi connectivity index (χ0n) is 19.6. The van der Waals surface area contributed by atoms with Gasteiger partial charge in [0.25, 0.3) is 0 Å². The molecule has 0 radical (unpaired) electrons. The summed E-state index contributed by atoms with van der Waals surface area (Å²) in [5, 5.41) is 19.8. The van der Waals surface area contributed by atoms with E-state index in [1.807, 2.05) is 36.4 Å². The fourth-order valence-corrected chi connectivity index (χ4v) is 3.51. The minimum atomic E-state index is 0.0866. The van der Waals surface area contributed by atoms with E-state index in [-0.39, 0.29) is 11.5 Å². The third-order valence-electron chi connectivity index (χ3n) is 5.41. The largest absolute Gasteiger partial charge is 0.504 e. The fraction of sp³-hybridized carbons (Fsp3) is 0.103. The first-order valence-electron chi connectivity index (χ1n) is 11.0. The van der Waals surface area contributed by atoms with Gasteiger partial charge >= 0.3 is 0 Å². The van der Waals surface area contributed by atoms with Crippen molar-refractivity contribution in [3.63, 3.8) is 0 Å². The number of methoxy groups -OCH3 is 2. The molecule has 2 N–H and O–H groups in total. The van der Waals surface area contributed by atoms with Crippen LogP contribution in [-0.2, 0) is 6.42 Å². The van der Waals surface area contributed by atoms with Gasteiger partial charge in [0.2, 0.25) is 0 Å². The number of aliphatic imine (C=N–C) groups is 2. The Labute approximate surface area is 204 Å². The standard InChI is InChI=1S/C29H26N2O4/c1-34-28-13-7-22(16-26(28)32)18-30-24-9-3-20(4-10-24)15-21-5-11-25(12-6-21)31-19-23-8-14-29(35-2)27(33)17-23/h3-14,16-19,32-33H,15H2,1-2H3. The van der Waals surface area contributed by atoms with Crippen molar-refractivity contribution in [1.29, 1.82) is 0 Å². The maximum Gasteiger partial charge on any atom is 0.160 e. The highest BCUT2D eigenvalue weighted by Crippen LogP contribution is 2.27. The van der Waals surface area contributed by atoms with E-state index >= 15 is 0 Å². The van der Waals surface area contributed by atoms with Crippen LogP contribution in [-0.4, -0.2) is 36.9 Å². The van der Waals surface area contributed by atoms with Gasteiger partial charge in [0.05, 0.1) is 25.6 Å². The zero-order chi connectivity index (χ0) is 24.6. The number of hydrogen-bond acceptors (Lipinski definition) is 6. The predicted molar refractivity (Wildman–Crippen MR) is 140 cm³/mol. The molecular formula is C29H26N2O4. The van der Waals surface area contributed by atoms with Gasteiger partial charge in [0.1, 0.15) is 0 Å². The second-order valence-corrected chi connectivity index (χ2v) is 7.89. The van der Waals surface area contributed by atoms with E-state index in [1.54, 1.807) is 36.7 Å². The summed E-state index contributed by atoms with van der Waals surface area (Å²) in [5.41, 5.74) is 5.60. The van der Waals surface area contributed by atoms with Gasteiger partial charge in [-0.15, -0.1) is 0 Å². The van der Waals surface area contributed by atoms with Crippen molar-refractivity contribution >= 4 is 23.8 Å². The van der Waals surface area contributed by atoms with Crippen LogP contribution in [0.3, 0.4) is 0 Å². The molecule has 0 heterocycles. The van der Waals surface area contributed by atoms with E-state index in [4.69, 9.17) is 9.47 Å². The van der Waals surface area contributed by atoms with Crippen molar-refractivity contribution in [2.45, 2.75) is 6.42 Å². The Balaban J connectivity index is 1.35. The van der Waals surface area contributed by atoms with Gasteiger partial charge in [-0.25, -0.2) is 0 Å². The summed E-state index contributed by atoms with van der Waals surface area (Å²) in [6.45, 7) is 0. The molecular weight excluding hydrogens is 440 g/mol. The number of ether oxygens (including phenoxy) is 2. The van der Waals surface area contributed by atoms with Crippen molar-refractivity contribution in [3.8, 4) is 23.0 Å². The summed E-state index contributed by atoms with van der Waals surface area (Å²) in [7, 11) is 3.04. The van der Waals surface area contributed by atoms with Gasteiger partial charge in [-0.2, -0.15) is 0 Å². The maximum atomic E-state index is 9.88. The molecule has 0 unspecified atom stereocenters. The molecule has 0 spiro atoms. The number of benzene rings is 4. The van der Waals surface area contributed by atoms with E-state index in [1.165, 1.54) is 25.3 Å².